The summed E-state index contributed by atoms with van der Waals surface area (Å²) in [5.41, 5.74) is 5.20. The highest BCUT2D eigenvalue weighted by atomic mass is 32.2. The summed E-state index contributed by atoms with van der Waals surface area (Å²) in [5.74, 6) is -1.13. The van der Waals surface area contributed by atoms with Crippen molar-refractivity contribution in [2.24, 2.45) is 15.9 Å². The first-order valence-corrected chi connectivity index (χ1v) is 7.65. The van der Waals surface area contributed by atoms with Crippen LogP contribution in [0.4, 0.5) is 10.5 Å². The molecule has 2 rings (SSSR count). The number of nitrogens with zero attached hydrogens (tertiary/aromatic N) is 3. The van der Waals surface area contributed by atoms with Gasteiger partial charge in [0.25, 0.3) is 5.69 Å². The molecule has 4 N–H and O–H groups in total. The second kappa shape index (κ2) is 8.01. The van der Waals surface area contributed by atoms with Crippen molar-refractivity contribution in [1.82, 2.24) is 10.6 Å². The summed E-state index contributed by atoms with van der Waals surface area (Å²) >= 11 is 0.972. The number of primary amides is 1. The molecule has 25 heavy (non-hydrogen) atoms. The van der Waals surface area contributed by atoms with E-state index in [1.54, 1.807) is 6.07 Å². The Morgan fingerprint density at radius 2 is 2.24 bits per heavy atom. The maximum atomic E-state index is 11.7. The van der Waals surface area contributed by atoms with Gasteiger partial charge >= 0.3 is 6.03 Å². The minimum Gasteiger partial charge on any atom is -0.351 e. The summed E-state index contributed by atoms with van der Waals surface area (Å²) in [4.78, 5) is 43.9. The normalized spacial score (nSPS) is 18.3. The number of carbonyl (C=O) groups is 3. The Balaban J connectivity index is 1.97. The Morgan fingerprint density at radius 1 is 1.48 bits per heavy atom. The average Bonchev–Trinajstić information content (AvgIpc) is 2.86. The first-order chi connectivity index (χ1) is 11.8. The molecule has 11 nitrogen and oxygen atoms in total. The fourth-order valence-corrected chi connectivity index (χ4v) is 2.73. The minimum absolute atomic E-state index is 0.0827. The molecule has 0 radical (unpaired) electrons. The van der Waals surface area contributed by atoms with Gasteiger partial charge in [0.2, 0.25) is 11.8 Å². The molecule has 0 saturated carbocycles. The predicted molar refractivity (Wildman–Crippen MR) is 90.0 cm³/mol. The van der Waals surface area contributed by atoms with Crippen LogP contribution in [-0.4, -0.2) is 39.4 Å². The van der Waals surface area contributed by atoms with Gasteiger partial charge in [-0.25, -0.2) is 4.79 Å². The molecule has 0 spiro atoms. The lowest BCUT2D eigenvalue weighted by Crippen LogP contribution is -2.37. The van der Waals surface area contributed by atoms with Crippen molar-refractivity contribution in [3.8, 4) is 0 Å². The van der Waals surface area contributed by atoms with E-state index in [0.29, 0.717) is 5.56 Å². The van der Waals surface area contributed by atoms with Crippen molar-refractivity contribution in [2.75, 3.05) is 0 Å². The Bertz CT molecular complexity index is 793. The highest BCUT2D eigenvalue weighted by molar-refractivity contribution is 8.15. The van der Waals surface area contributed by atoms with Gasteiger partial charge in [0.1, 0.15) is 5.25 Å². The van der Waals surface area contributed by atoms with Crippen molar-refractivity contribution < 1.29 is 19.3 Å². The lowest BCUT2D eigenvalue weighted by Gasteiger charge is -2.03. The summed E-state index contributed by atoms with van der Waals surface area (Å²) in [5, 5.41) is 21.9. The number of imide groups is 1. The highest BCUT2D eigenvalue weighted by Crippen LogP contribution is 2.22. The van der Waals surface area contributed by atoms with Gasteiger partial charge < -0.3 is 11.1 Å². The third-order valence-corrected chi connectivity index (χ3v) is 3.92. The van der Waals surface area contributed by atoms with E-state index in [1.807, 2.05) is 5.32 Å². The number of thioether (sulfide) groups is 1. The number of nitrogens with one attached hydrogen (secondary N) is 2. The van der Waals surface area contributed by atoms with Gasteiger partial charge in [0.15, 0.2) is 5.17 Å². The molecular formula is C13H12N6O5S. The maximum Gasteiger partial charge on any atom is 0.318 e. The van der Waals surface area contributed by atoms with Gasteiger partial charge in [0, 0.05) is 24.1 Å². The molecule has 0 bridgehead atoms. The van der Waals surface area contributed by atoms with E-state index in [0.717, 1.165) is 11.8 Å². The molecule has 1 aliphatic rings. The number of nitro benzene ring substituents is 1. The zero-order valence-corrected chi connectivity index (χ0v) is 13.4. The van der Waals surface area contributed by atoms with Gasteiger partial charge in [-0.1, -0.05) is 23.9 Å². The summed E-state index contributed by atoms with van der Waals surface area (Å²) in [6.45, 7) is 0. The molecule has 1 aliphatic heterocycles. The lowest BCUT2D eigenvalue weighted by molar-refractivity contribution is -0.384. The molecular weight excluding hydrogens is 352 g/mol. The van der Waals surface area contributed by atoms with Gasteiger partial charge in [-0.15, -0.1) is 5.10 Å². The fourth-order valence-electron chi connectivity index (χ4n) is 1.81. The molecule has 1 saturated heterocycles. The first kappa shape index (κ1) is 18.1. The number of non-ortho nitro benzene ring substituents is 1. The van der Waals surface area contributed by atoms with E-state index in [-0.39, 0.29) is 17.3 Å². The molecule has 0 aliphatic carbocycles. The Kier molecular flexibility index (Phi) is 5.79. The third-order valence-electron chi connectivity index (χ3n) is 2.85. The number of benzene rings is 1. The molecule has 1 heterocycles. The topological polar surface area (TPSA) is 169 Å². The second-order valence-electron chi connectivity index (χ2n) is 4.71. The van der Waals surface area contributed by atoms with Crippen LogP contribution in [0.25, 0.3) is 0 Å². The smallest absolute Gasteiger partial charge is 0.318 e. The van der Waals surface area contributed by atoms with E-state index >= 15 is 0 Å². The fraction of sp³-hybridized carbons (Fsp3) is 0.154. The molecule has 12 heteroatoms. The quantitative estimate of drug-likeness (QED) is 0.380. The molecule has 1 fully saturated rings. The van der Waals surface area contributed by atoms with Crippen LogP contribution >= 0.6 is 11.8 Å². The van der Waals surface area contributed by atoms with Crippen LogP contribution in [0.15, 0.2) is 34.5 Å². The SMILES string of the molecule is NC(=O)NC(=O)CC1S/C(=N/N=C/c2cccc([N+](=O)[O-])c2)NC1=O. The summed E-state index contributed by atoms with van der Waals surface area (Å²) in [6.07, 6.45) is 1.05. The van der Waals surface area contributed by atoms with Crippen LogP contribution in [0, 0.1) is 10.1 Å². The van der Waals surface area contributed by atoms with Gasteiger partial charge in [-0.05, 0) is 0 Å². The first-order valence-electron chi connectivity index (χ1n) is 6.77. The number of amidine groups is 1. The van der Waals surface area contributed by atoms with E-state index in [9.17, 15) is 24.5 Å². The molecule has 130 valence electrons. The largest absolute Gasteiger partial charge is 0.351 e. The number of carbonyl (C=O) groups excluding carboxylic acids is 3. The second-order valence-corrected chi connectivity index (χ2v) is 5.91. The number of hydrogen-bond donors (Lipinski definition) is 3. The van der Waals surface area contributed by atoms with Gasteiger partial charge in [0.05, 0.1) is 11.1 Å². The van der Waals surface area contributed by atoms with Crippen molar-refractivity contribution in [2.45, 2.75) is 11.7 Å². The van der Waals surface area contributed by atoms with Crippen LogP contribution in [0.1, 0.15) is 12.0 Å². The number of hydrogen-bond acceptors (Lipinski definition) is 8. The standard InChI is InChI=1S/C13H12N6O5S/c14-12(22)16-10(20)5-9-11(21)17-13(25-9)18-15-6-7-2-1-3-8(4-7)19(23)24/h1-4,6,9H,5H2,(H,17,18,21)(H3,14,16,20,22)/b15-6+. The zero-order valence-electron chi connectivity index (χ0n) is 12.5. The van der Waals surface area contributed by atoms with E-state index in [4.69, 9.17) is 5.73 Å². The molecule has 1 atom stereocenters. The van der Waals surface area contributed by atoms with Crippen molar-refractivity contribution in [3.05, 3.63) is 39.9 Å². The maximum absolute atomic E-state index is 11.7. The summed E-state index contributed by atoms with van der Waals surface area (Å²) in [6, 6.07) is 4.78. The molecule has 0 aromatic heterocycles. The van der Waals surface area contributed by atoms with Crippen LogP contribution < -0.4 is 16.4 Å². The van der Waals surface area contributed by atoms with Crippen molar-refractivity contribution >= 4 is 46.7 Å². The summed E-state index contributed by atoms with van der Waals surface area (Å²) < 4.78 is 0. The average molecular weight is 364 g/mol. The Labute approximate surface area is 144 Å². The number of nitro groups is 1. The monoisotopic (exact) mass is 364 g/mol. The van der Waals surface area contributed by atoms with Crippen LogP contribution in [0.3, 0.4) is 0 Å². The van der Waals surface area contributed by atoms with Gasteiger partial charge in [-0.3, -0.25) is 25.0 Å². The van der Waals surface area contributed by atoms with Crippen molar-refractivity contribution in [1.29, 1.82) is 0 Å². The predicted octanol–water partition coefficient (Wildman–Crippen LogP) is 0.101. The zero-order chi connectivity index (χ0) is 18.4. The van der Waals surface area contributed by atoms with Crippen molar-refractivity contribution in [3.63, 3.8) is 0 Å². The van der Waals surface area contributed by atoms with E-state index in [2.05, 4.69) is 15.5 Å². The highest BCUT2D eigenvalue weighted by Gasteiger charge is 2.32. The number of rotatable bonds is 5. The van der Waals surface area contributed by atoms with E-state index < -0.39 is 28.0 Å². The summed E-state index contributed by atoms with van der Waals surface area (Å²) in [7, 11) is 0. The molecule has 1 aromatic carbocycles. The molecule has 1 unspecified atom stereocenters. The van der Waals surface area contributed by atoms with Crippen LogP contribution in [0.2, 0.25) is 0 Å². The number of urea groups is 1. The van der Waals surface area contributed by atoms with E-state index in [1.165, 1.54) is 24.4 Å². The van der Waals surface area contributed by atoms with Crippen LogP contribution in [0.5, 0.6) is 0 Å². The lowest BCUT2D eigenvalue weighted by atomic mass is 10.2. The minimum atomic E-state index is -0.996. The molecule has 4 amide bonds. The third kappa shape index (κ3) is 5.39. The van der Waals surface area contributed by atoms with Gasteiger partial charge in [-0.2, -0.15) is 5.10 Å². The Morgan fingerprint density at radius 3 is 2.92 bits per heavy atom. The van der Waals surface area contributed by atoms with Crippen LogP contribution in [-0.2, 0) is 9.59 Å². The number of nitrogens with two attached hydrogens (primary N) is 1. The Hall–Kier alpha value is -3.28. The number of amides is 4. The molecule has 1 aromatic rings.